The van der Waals surface area contributed by atoms with Crippen LogP contribution < -0.4 is 5.32 Å². The first-order valence-electron chi connectivity index (χ1n) is 8.68. The van der Waals surface area contributed by atoms with Crippen molar-refractivity contribution in [1.29, 1.82) is 0 Å². The van der Waals surface area contributed by atoms with Gasteiger partial charge >= 0.3 is 5.97 Å². The Hall–Kier alpha value is -1.66. The maximum Gasteiger partial charge on any atom is 0.309 e. The predicted molar refractivity (Wildman–Crippen MR) is 97.1 cm³/mol. The summed E-state index contributed by atoms with van der Waals surface area (Å²) < 4.78 is 5.15. The number of nitrogens with zero attached hydrogens (tertiary/aromatic N) is 1. The van der Waals surface area contributed by atoms with E-state index >= 15 is 0 Å². The fourth-order valence-electron chi connectivity index (χ4n) is 3.74. The van der Waals surface area contributed by atoms with Crippen LogP contribution >= 0.6 is 23.2 Å². The molecule has 2 saturated carbocycles. The quantitative estimate of drug-likeness (QED) is 0.783. The summed E-state index contributed by atoms with van der Waals surface area (Å²) in [5.74, 6) is -0.861. The third-order valence-electron chi connectivity index (χ3n) is 5.09. The average molecular weight is 399 g/mol. The number of carbonyl (C=O) groups excluding carboxylic acids is 3. The Kier molecular flexibility index (Phi) is 5.82. The summed E-state index contributed by atoms with van der Waals surface area (Å²) in [7, 11) is 0. The van der Waals surface area contributed by atoms with Gasteiger partial charge in [0, 0.05) is 11.8 Å². The molecule has 2 aliphatic rings. The highest BCUT2D eigenvalue weighted by molar-refractivity contribution is 6.36. The highest BCUT2D eigenvalue weighted by Gasteiger charge is 2.41. The topological polar surface area (TPSA) is 85.4 Å². The number of rotatable bonds is 4. The van der Waals surface area contributed by atoms with Crippen molar-refractivity contribution in [3.05, 3.63) is 21.8 Å². The Bertz CT molecular complexity index is 737. The third-order valence-corrected chi connectivity index (χ3v) is 5.76. The lowest BCUT2D eigenvalue weighted by molar-refractivity contribution is -0.155. The van der Waals surface area contributed by atoms with Crippen LogP contribution in [0.1, 0.15) is 37.8 Å². The van der Waals surface area contributed by atoms with Crippen molar-refractivity contribution in [2.75, 3.05) is 11.9 Å². The highest BCUT2D eigenvalue weighted by atomic mass is 35.5. The second kappa shape index (κ2) is 7.92. The van der Waals surface area contributed by atoms with Gasteiger partial charge in [0.25, 0.3) is 5.91 Å². The number of aromatic nitrogens is 1. The molecule has 1 aromatic rings. The van der Waals surface area contributed by atoms with Crippen LogP contribution in [0.3, 0.4) is 0 Å². The summed E-state index contributed by atoms with van der Waals surface area (Å²) in [5, 5.41) is 3.12. The van der Waals surface area contributed by atoms with E-state index < -0.39 is 18.5 Å². The molecule has 8 heteroatoms. The number of hydrogen-bond acceptors (Lipinski definition) is 5. The minimum atomic E-state index is -0.526. The van der Waals surface area contributed by atoms with E-state index in [1.54, 1.807) is 6.92 Å². The first-order chi connectivity index (χ1) is 12.3. The lowest BCUT2D eigenvalue weighted by Gasteiger charge is -2.36. The number of nitrogens with one attached hydrogen (secondary N) is 1. The smallest absolute Gasteiger partial charge is 0.309 e. The number of ether oxygens (including phenoxy) is 1. The SMILES string of the molecule is Cc1nc(NC(=O)COC(=O)C2C[C@H]3CCC[C@H](C2)C3=O)c(Cl)cc1Cl. The fraction of sp³-hybridized carbons (Fsp3) is 0.556. The lowest BCUT2D eigenvalue weighted by atomic mass is 9.67. The number of fused-ring (bicyclic) bond motifs is 2. The standard InChI is InChI=1S/C18H20Cl2N2O4/c1-9-13(19)7-14(20)17(21-9)22-15(23)8-26-18(25)12-5-10-3-2-4-11(6-12)16(10)24/h7,10-12H,2-6,8H2,1H3,(H,21,22,23)/t10-,11-/m1/s1. The Morgan fingerprint density at radius 2 is 1.88 bits per heavy atom. The monoisotopic (exact) mass is 398 g/mol. The molecule has 2 atom stereocenters. The molecule has 0 aromatic carbocycles. The van der Waals surface area contributed by atoms with Crippen molar-refractivity contribution in [2.45, 2.75) is 39.0 Å². The van der Waals surface area contributed by atoms with Gasteiger partial charge in [-0.05, 0) is 38.7 Å². The number of halogens is 2. The Balaban J connectivity index is 1.52. The highest BCUT2D eigenvalue weighted by Crippen LogP contribution is 2.40. The minimum absolute atomic E-state index is 0.0334. The number of Topliss-reactive ketones (excluding diaryl/α,β-unsaturated/α-hetero) is 1. The fourth-order valence-corrected chi connectivity index (χ4v) is 4.15. The van der Waals surface area contributed by atoms with Crippen molar-refractivity contribution >= 4 is 46.7 Å². The van der Waals surface area contributed by atoms with Crippen LogP contribution in [0.15, 0.2) is 6.07 Å². The van der Waals surface area contributed by atoms with E-state index in [4.69, 9.17) is 27.9 Å². The zero-order valence-corrected chi connectivity index (χ0v) is 15.9. The number of esters is 1. The molecule has 0 aliphatic heterocycles. The van der Waals surface area contributed by atoms with Crippen LogP contribution in [0, 0.1) is 24.7 Å². The molecule has 1 N–H and O–H groups in total. The first kappa shape index (κ1) is 19.1. The van der Waals surface area contributed by atoms with Crippen molar-refractivity contribution < 1.29 is 19.1 Å². The second-order valence-electron chi connectivity index (χ2n) is 6.94. The van der Waals surface area contributed by atoms with E-state index in [1.165, 1.54) is 6.07 Å². The average Bonchev–Trinajstić information content (AvgIpc) is 2.57. The molecule has 26 heavy (non-hydrogen) atoms. The van der Waals surface area contributed by atoms with Crippen LogP contribution in [0.2, 0.25) is 10.0 Å². The molecule has 0 radical (unpaired) electrons. The van der Waals surface area contributed by atoms with Crippen LogP contribution in [0.25, 0.3) is 0 Å². The molecule has 6 nitrogen and oxygen atoms in total. The van der Waals surface area contributed by atoms with E-state index in [0.717, 1.165) is 19.3 Å². The van der Waals surface area contributed by atoms with E-state index in [0.29, 0.717) is 23.6 Å². The molecule has 1 heterocycles. The summed E-state index contributed by atoms with van der Waals surface area (Å²) in [4.78, 5) is 40.5. The van der Waals surface area contributed by atoms with E-state index in [1.807, 2.05) is 0 Å². The van der Waals surface area contributed by atoms with E-state index in [2.05, 4.69) is 10.3 Å². The Morgan fingerprint density at radius 1 is 1.23 bits per heavy atom. The first-order valence-corrected chi connectivity index (χ1v) is 9.43. The molecule has 0 unspecified atom stereocenters. The van der Waals surface area contributed by atoms with Crippen molar-refractivity contribution in [1.82, 2.24) is 4.98 Å². The largest absolute Gasteiger partial charge is 0.455 e. The summed E-state index contributed by atoms with van der Waals surface area (Å²) in [6.07, 6.45) is 3.79. The molecule has 3 rings (SSSR count). The molecule has 0 spiro atoms. The molecule has 2 fully saturated rings. The van der Waals surface area contributed by atoms with Crippen LogP contribution in [-0.4, -0.2) is 29.3 Å². The maximum absolute atomic E-state index is 12.3. The summed E-state index contributed by atoms with van der Waals surface area (Å²) >= 11 is 11.9. The summed E-state index contributed by atoms with van der Waals surface area (Å²) in [6, 6.07) is 1.49. The summed E-state index contributed by atoms with van der Waals surface area (Å²) in [6.45, 7) is 1.27. The van der Waals surface area contributed by atoms with Gasteiger partial charge in [-0.1, -0.05) is 29.6 Å². The van der Waals surface area contributed by atoms with Gasteiger partial charge in [0.15, 0.2) is 12.4 Å². The van der Waals surface area contributed by atoms with Gasteiger partial charge < -0.3 is 10.1 Å². The van der Waals surface area contributed by atoms with Crippen molar-refractivity contribution in [2.24, 2.45) is 17.8 Å². The molecule has 2 bridgehead atoms. The molecular weight excluding hydrogens is 379 g/mol. The number of carbonyl (C=O) groups is 3. The maximum atomic E-state index is 12.3. The van der Waals surface area contributed by atoms with Gasteiger partial charge in [-0.25, -0.2) is 4.98 Å². The number of hydrogen-bond donors (Lipinski definition) is 1. The van der Waals surface area contributed by atoms with E-state index in [-0.39, 0.29) is 34.4 Å². The molecule has 1 aromatic heterocycles. The normalized spacial score (nSPS) is 24.9. The third kappa shape index (κ3) is 4.18. The molecule has 1 amide bonds. The predicted octanol–water partition coefficient (Wildman–Crippen LogP) is 3.57. The zero-order valence-electron chi connectivity index (χ0n) is 14.4. The lowest BCUT2D eigenvalue weighted by Crippen LogP contribution is -2.40. The van der Waals surface area contributed by atoms with Gasteiger partial charge in [-0.15, -0.1) is 0 Å². The molecular formula is C18H20Cl2N2O4. The van der Waals surface area contributed by atoms with Crippen molar-refractivity contribution in [3.8, 4) is 0 Å². The van der Waals surface area contributed by atoms with Gasteiger partial charge in [0.2, 0.25) is 0 Å². The van der Waals surface area contributed by atoms with Gasteiger partial charge in [0.1, 0.15) is 5.78 Å². The van der Waals surface area contributed by atoms with Crippen LogP contribution in [0.4, 0.5) is 5.82 Å². The van der Waals surface area contributed by atoms with Gasteiger partial charge in [-0.3, -0.25) is 14.4 Å². The number of pyridine rings is 1. The Morgan fingerprint density at radius 3 is 2.54 bits per heavy atom. The number of ketones is 1. The number of aryl methyl sites for hydroxylation is 1. The minimum Gasteiger partial charge on any atom is -0.455 e. The Labute approximate surface area is 161 Å². The van der Waals surface area contributed by atoms with Crippen LogP contribution in [-0.2, 0) is 19.1 Å². The second-order valence-corrected chi connectivity index (χ2v) is 7.75. The van der Waals surface area contributed by atoms with Crippen molar-refractivity contribution in [3.63, 3.8) is 0 Å². The van der Waals surface area contributed by atoms with E-state index in [9.17, 15) is 14.4 Å². The molecule has 140 valence electrons. The number of anilines is 1. The summed E-state index contributed by atoms with van der Waals surface area (Å²) in [5.41, 5.74) is 0.529. The van der Waals surface area contributed by atoms with Gasteiger partial charge in [0.05, 0.1) is 21.7 Å². The molecule has 0 saturated heterocycles. The molecule has 2 aliphatic carbocycles. The zero-order chi connectivity index (χ0) is 18.8. The number of amides is 1. The van der Waals surface area contributed by atoms with Crippen LogP contribution in [0.5, 0.6) is 0 Å². The van der Waals surface area contributed by atoms with Gasteiger partial charge in [-0.2, -0.15) is 0 Å².